The summed E-state index contributed by atoms with van der Waals surface area (Å²) in [6, 6.07) is 45.5. The molecule has 3 heterocycles. The van der Waals surface area contributed by atoms with Crippen molar-refractivity contribution in [3.05, 3.63) is 151 Å². The highest BCUT2D eigenvalue weighted by Gasteiger charge is 2.21. The molecule has 8 rings (SSSR count). The Labute approximate surface area is 279 Å². The van der Waals surface area contributed by atoms with Gasteiger partial charge in [-0.05, 0) is 76.2 Å². The molecule has 5 aromatic carbocycles. The van der Waals surface area contributed by atoms with Crippen LogP contribution in [0.5, 0.6) is 5.75 Å². The number of fused-ring (bicyclic) bond motifs is 2. The molecule has 0 radical (unpaired) electrons. The lowest BCUT2D eigenvalue weighted by atomic mass is 9.87. The van der Waals surface area contributed by atoms with Crippen LogP contribution in [0.15, 0.2) is 146 Å². The lowest BCUT2D eigenvalue weighted by Crippen LogP contribution is -2.11. The number of aromatic hydroxyl groups is 1. The first-order chi connectivity index (χ1) is 23.3. The Hall–Kier alpha value is -6.07. The number of benzene rings is 5. The van der Waals surface area contributed by atoms with Crippen LogP contribution in [0.4, 0.5) is 0 Å². The topological polar surface area (TPSA) is 63.8 Å². The maximum absolute atomic E-state index is 10.8. The van der Waals surface area contributed by atoms with Crippen LogP contribution in [0.25, 0.3) is 72.5 Å². The van der Waals surface area contributed by atoms with Crippen molar-refractivity contribution in [1.82, 2.24) is 19.5 Å². The number of hydrogen-bond donors (Lipinski definition) is 1. The molecule has 0 aliphatic rings. The first-order valence-electron chi connectivity index (χ1n) is 16.2. The summed E-state index contributed by atoms with van der Waals surface area (Å²) in [5.41, 5.74) is 11.5. The third kappa shape index (κ3) is 5.19. The van der Waals surface area contributed by atoms with E-state index in [2.05, 4.69) is 116 Å². The Balaban J connectivity index is 1.36. The van der Waals surface area contributed by atoms with Crippen molar-refractivity contribution in [2.45, 2.75) is 26.2 Å². The summed E-state index contributed by atoms with van der Waals surface area (Å²) >= 11 is 0. The van der Waals surface area contributed by atoms with Crippen molar-refractivity contribution in [1.29, 1.82) is 0 Å². The highest BCUT2D eigenvalue weighted by Crippen LogP contribution is 2.39. The molecule has 0 aliphatic carbocycles. The Morgan fingerprint density at radius 3 is 2.08 bits per heavy atom. The zero-order valence-electron chi connectivity index (χ0n) is 27.1. The molecule has 0 saturated carbocycles. The molecule has 5 heteroatoms. The molecule has 0 atom stereocenters. The summed E-state index contributed by atoms with van der Waals surface area (Å²) < 4.78 is 2.13. The van der Waals surface area contributed by atoms with Crippen molar-refractivity contribution < 1.29 is 5.11 Å². The molecule has 0 unspecified atom stereocenters. The van der Waals surface area contributed by atoms with Crippen LogP contribution in [0.3, 0.4) is 0 Å². The molecule has 0 spiro atoms. The minimum atomic E-state index is 0.0219. The van der Waals surface area contributed by atoms with Crippen molar-refractivity contribution >= 4 is 22.1 Å². The van der Waals surface area contributed by atoms with E-state index < -0.39 is 0 Å². The molecule has 0 aliphatic heterocycles. The van der Waals surface area contributed by atoms with Gasteiger partial charge in [0.2, 0.25) is 0 Å². The molecular formula is C43H34N4O. The molecule has 0 bridgehead atoms. The van der Waals surface area contributed by atoms with E-state index >= 15 is 0 Å². The third-order valence-electron chi connectivity index (χ3n) is 8.98. The smallest absolute Gasteiger partial charge is 0.165 e. The van der Waals surface area contributed by atoms with Crippen molar-refractivity contribution in [3.63, 3.8) is 0 Å². The van der Waals surface area contributed by atoms with E-state index in [0.717, 1.165) is 67.0 Å². The average Bonchev–Trinajstić information content (AvgIpc) is 3.52. The van der Waals surface area contributed by atoms with E-state index in [4.69, 9.17) is 15.0 Å². The van der Waals surface area contributed by atoms with E-state index in [9.17, 15) is 5.11 Å². The second-order valence-corrected chi connectivity index (χ2v) is 13.2. The summed E-state index contributed by atoms with van der Waals surface area (Å²) in [7, 11) is 0. The number of imidazole rings is 1. The third-order valence-corrected chi connectivity index (χ3v) is 8.98. The Kier molecular flexibility index (Phi) is 7.10. The fraction of sp³-hybridized carbons (Fsp3) is 0.0930. The summed E-state index contributed by atoms with van der Waals surface area (Å²) in [5, 5.41) is 11.9. The van der Waals surface area contributed by atoms with Crippen LogP contribution in [0.1, 0.15) is 26.3 Å². The highest BCUT2D eigenvalue weighted by atomic mass is 16.3. The average molecular weight is 623 g/mol. The summed E-state index contributed by atoms with van der Waals surface area (Å²) in [5.74, 6) is 0.970. The highest BCUT2D eigenvalue weighted by molar-refractivity contribution is 5.99. The SMILES string of the molecule is CC(C)(C)c1ccc(-n2c(-c3cccc(-c4cc(-c5ccccc5)cc5cccnc45)c3)nc3c(-c4ccccc4O)ccnc32)cc1. The molecular weight excluding hydrogens is 589 g/mol. The zero-order chi connectivity index (χ0) is 32.8. The van der Waals surface area contributed by atoms with E-state index in [1.807, 2.05) is 42.6 Å². The fourth-order valence-electron chi connectivity index (χ4n) is 6.48. The number of aromatic nitrogens is 4. The molecule has 232 valence electrons. The number of para-hydroxylation sites is 1. The zero-order valence-corrected chi connectivity index (χ0v) is 27.1. The number of rotatable bonds is 5. The molecule has 0 saturated heterocycles. The number of phenolic OH excluding ortho intramolecular Hbond substituents is 1. The largest absolute Gasteiger partial charge is 0.507 e. The number of nitrogens with zero attached hydrogens (tertiary/aromatic N) is 4. The van der Waals surface area contributed by atoms with Crippen LogP contribution < -0.4 is 0 Å². The molecule has 1 N–H and O–H groups in total. The van der Waals surface area contributed by atoms with Gasteiger partial charge in [0, 0.05) is 45.7 Å². The van der Waals surface area contributed by atoms with Crippen LogP contribution in [0.2, 0.25) is 0 Å². The van der Waals surface area contributed by atoms with Gasteiger partial charge >= 0.3 is 0 Å². The molecule has 3 aromatic heterocycles. The lowest BCUT2D eigenvalue weighted by Gasteiger charge is -2.19. The van der Waals surface area contributed by atoms with Crippen molar-refractivity contribution in [2.75, 3.05) is 0 Å². The lowest BCUT2D eigenvalue weighted by molar-refractivity contribution is 0.477. The predicted molar refractivity (Wildman–Crippen MR) is 196 cm³/mol. The summed E-state index contributed by atoms with van der Waals surface area (Å²) in [6.45, 7) is 6.66. The van der Waals surface area contributed by atoms with Crippen LogP contribution in [0, 0.1) is 0 Å². The van der Waals surface area contributed by atoms with Gasteiger partial charge in [0.05, 0.1) is 5.52 Å². The summed E-state index contributed by atoms with van der Waals surface area (Å²) in [6.07, 6.45) is 3.64. The van der Waals surface area contributed by atoms with Gasteiger partial charge in [-0.15, -0.1) is 0 Å². The minimum absolute atomic E-state index is 0.0219. The van der Waals surface area contributed by atoms with Gasteiger partial charge in [-0.3, -0.25) is 9.55 Å². The molecule has 8 aromatic rings. The number of hydrogen-bond acceptors (Lipinski definition) is 4. The van der Waals surface area contributed by atoms with Gasteiger partial charge in [0.15, 0.2) is 5.65 Å². The van der Waals surface area contributed by atoms with Crippen LogP contribution in [-0.4, -0.2) is 24.6 Å². The monoisotopic (exact) mass is 622 g/mol. The Morgan fingerprint density at radius 1 is 0.542 bits per heavy atom. The molecule has 48 heavy (non-hydrogen) atoms. The van der Waals surface area contributed by atoms with Crippen molar-refractivity contribution in [3.8, 4) is 56.2 Å². The second kappa shape index (κ2) is 11.6. The number of phenols is 1. The first kappa shape index (κ1) is 29.3. The van der Waals surface area contributed by atoms with E-state index in [1.165, 1.54) is 5.56 Å². The van der Waals surface area contributed by atoms with E-state index in [-0.39, 0.29) is 11.2 Å². The molecule has 0 fully saturated rings. The van der Waals surface area contributed by atoms with Gasteiger partial charge in [-0.25, -0.2) is 9.97 Å². The van der Waals surface area contributed by atoms with Gasteiger partial charge in [-0.1, -0.05) is 106 Å². The Bertz CT molecular complexity index is 2440. The standard InChI is InChI=1S/C43H34N4O/c1-43(2,3)33-18-20-34(21-19-33)47-41(46-40-36(22-24-45-42(40)47)35-16-7-8-17-38(35)48)31-14-9-13-29(25-31)37-27-32(28-11-5-4-6-12-28)26-30-15-10-23-44-39(30)37/h4-27,48H,1-3H3. The predicted octanol–water partition coefficient (Wildman–Crippen LogP) is 10.6. The maximum atomic E-state index is 10.8. The van der Waals surface area contributed by atoms with Gasteiger partial charge < -0.3 is 5.11 Å². The van der Waals surface area contributed by atoms with Crippen LogP contribution in [-0.2, 0) is 5.41 Å². The fourth-order valence-corrected chi connectivity index (χ4v) is 6.48. The summed E-state index contributed by atoms with van der Waals surface area (Å²) in [4.78, 5) is 15.0. The van der Waals surface area contributed by atoms with E-state index in [1.54, 1.807) is 12.3 Å². The maximum Gasteiger partial charge on any atom is 0.165 e. The second-order valence-electron chi connectivity index (χ2n) is 13.2. The normalized spacial score (nSPS) is 11.7. The number of pyridine rings is 2. The van der Waals surface area contributed by atoms with Crippen LogP contribution >= 0.6 is 0 Å². The van der Waals surface area contributed by atoms with Crippen molar-refractivity contribution in [2.24, 2.45) is 0 Å². The Morgan fingerprint density at radius 2 is 1.29 bits per heavy atom. The first-order valence-corrected chi connectivity index (χ1v) is 16.2. The quantitative estimate of drug-likeness (QED) is 0.207. The van der Waals surface area contributed by atoms with Gasteiger partial charge in [0.25, 0.3) is 0 Å². The minimum Gasteiger partial charge on any atom is -0.507 e. The van der Waals surface area contributed by atoms with Gasteiger partial charge in [0.1, 0.15) is 17.1 Å². The van der Waals surface area contributed by atoms with Gasteiger partial charge in [-0.2, -0.15) is 0 Å². The molecule has 0 amide bonds. The van der Waals surface area contributed by atoms with E-state index in [0.29, 0.717) is 5.56 Å². The molecule has 5 nitrogen and oxygen atoms in total.